The van der Waals surface area contributed by atoms with Crippen LogP contribution in [0.4, 0.5) is 0 Å². The molecule has 1 aromatic carbocycles. The van der Waals surface area contributed by atoms with Crippen molar-refractivity contribution < 1.29 is 5.11 Å². The van der Waals surface area contributed by atoms with Gasteiger partial charge in [-0.1, -0.05) is 31.2 Å². The molecular weight excluding hydrogens is 224 g/mol. The van der Waals surface area contributed by atoms with E-state index in [1.165, 1.54) is 11.1 Å². The number of aryl methyl sites for hydroxylation is 1. The van der Waals surface area contributed by atoms with Crippen molar-refractivity contribution in [1.82, 2.24) is 10.2 Å². The molecule has 0 saturated carbocycles. The van der Waals surface area contributed by atoms with Crippen molar-refractivity contribution in [2.75, 3.05) is 32.7 Å². The van der Waals surface area contributed by atoms with Gasteiger partial charge in [-0.2, -0.15) is 0 Å². The van der Waals surface area contributed by atoms with E-state index in [2.05, 4.69) is 41.4 Å². The Morgan fingerprint density at radius 1 is 1.17 bits per heavy atom. The largest absolute Gasteiger partial charge is 0.391 e. The summed E-state index contributed by atoms with van der Waals surface area (Å²) in [5, 5.41) is 13.4. The fraction of sp³-hybridized carbons (Fsp3) is 0.600. The van der Waals surface area contributed by atoms with Gasteiger partial charge in [-0.15, -0.1) is 0 Å². The van der Waals surface area contributed by atoms with E-state index in [0.717, 1.165) is 45.6 Å². The molecule has 1 atom stereocenters. The highest BCUT2D eigenvalue weighted by molar-refractivity contribution is 5.23. The van der Waals surface area contributed by atoms with Gasteiger partial charge in [0.2, 0.25) is 0 Å². The number of aliphatic hydroxyl groups is 1. The van der Waals surface area contributed by atoms with Crippen molar-refractivity contribution in [3.63, 3.8) is 0 Å². The molecule has 1 unspecified atom stereocenters. The van der Waals surface area contributed by atoms with Gasteiger partial charge in [0.1, 0.15) is 0 Å². The fourth-order valence-corrected chi connectivity index (χ4v) is 2.44. The van der Waals surface area contributed by atoms with Crippen LogP contribution in [0.1, 0.15) is 18.1 Å². The Bertz CT molecular complexity index is 344. The molecule has 0 radical (unpaired) electrons. The number of aliphatic hydroxyl groups excluding tert-OH is 1. The summed E-state index contributed by atoms with van der Waals surface area (Å²) < 4.78 is 0. The molecule has 1 aromatic rings. The quantitative estimate of drug-likeness (QED) is 0.818. The van der Waals surface area contributed by atoms with Gasteiger partial charge in [-0.3, -0.25) is 4.90 Å². The lowest BCUT2D eigenvalue weighted by Gasteiger charge is -2.29. The standard InChI is InChI=1S/C15H24N2O/c1-2-13-3-5-14(6-4-13)11-15(18)12-17-9-7-16-8-10-17/h3-6,15-16,18H,2,7-12H2,1H3. The first-order valence-electron chi connectivity index (χ1n) is 6.97. The molecule has 3 heteroatoms. The van der Waals surface area contributed by atoms with E-state index in [1.807, 2.05) is 0 Å². The SMILES string of the molecule is CCc1ccc(CC(O)CN2CCNCC2)cc1. The molecule has 1 heterocycles. The molecule has 0 bridgehead atoms. The zero-order valence-corrected chi connectivity index (χ0v) is 11.2. The summed E-state index contributed by atoms with van der Waals surface area (Å²) in [7, 11) is 0. The third-order valence-corrected chi connectivity index (χ3v) is 3.58. The van der Waals surface area contributed by atoms with Crippen molar-refractivity contribution in [3.8, 4) is 0 Å². The molecule has 2 rings (SSSR count). The molecule has 1 saturated heterocycles. The second-order valence-electron chi connectivity index (χ2n) is 5.08. The Morgan fingerprint density at radius 2 is 1.78 bits per heavy atom. The van der Waals surface area contributed by atoms with Crippen LogP contribution in [0.25, 0.3) is 0 Å². The monoisotopic (exact) mass is 248 g/mol. The zero-order valence-electron chi connectivity index (χ0n) is 11.2. The minimum absolute atomic E-state index is 0.254. The maximum atomic E-state index is 10.1. The highest BCUT2D eigenvalue weighted by Gasteiger charge is 2.14. The van der Waals surface area contributed by atoms with Crippen molar-refractivity contribution in [2.45, 2.75) is 25.9 Å². The molecule has 1 aliphatic rings. The second kappa shape index (κ2) is 6.88. The summed E-state index contributed by atoms with van der Waals surface area (Å²) >= 11 is 0. The second-order valence-corrected chi connectivity index (χ2v) is 5.08. The van der Waals surface area contributed by atoms with Gasteiger partial charge in [0, 0.05) is 32.7 Å². The third kappa shape index (κ3) is 4.09. The Hall–Kier alpha value is -0.900. The topological polar surface area (TPSA) is 35.5 Å². The van der Waals surface area contributed by atoms with Gasteiger partial charge in [-0.25, -0.2) is 0 Å². The number of nitrogens with one attached hydrogen (secondary N) is 1. The first-order chi connectivity index (χ1) is 8.78. The number of piperazine rings is 1. The van der Waals surface area contributed by atoms with Crippen LogP contribution >= 0.6 is 0 Å². The van der Waals surface area contributed by atoms with Crippen molar-refractivity contribution in [1.29, 1.82) is 0 Å². The lowest BCUT2D eigenvalue weighted by molar-refractivity contribution is 0.105. The predicted octanol–water partition coefficient (Wildman–Crippen LogP) is 1.06. The Balaban J connectivity index is 1.80. The van der Waals surface area contributed by atoms with E-state index >= 15 is 0 Å². The average molecular weight is 248 g/mol. The fourth-order valence-electron chi connectivity index (χ4n) is 2.44. The highest BCUT2D eigenvalue weighted by Crippen LogP contribution is 2.08. The summed E-state index contributed by atoms with van der Waals surface area (Å²) in [6.45, 7) is 7.12. The van der Waals surface area contributed by atoms with Crippen LogP contribution in [0.2, 0.25) is 0 Å². The van der Waals surface area contributed by atoms with Gasteiger partial charge in [0.05, 0.1) is 6.10 Å². The third-order valence-electron chi connectivity index (χ3n) is 3.58. The van der Waals surface area contributed by atoms with Crippen LogP contribution in [0.15, 0.2) is 24.3 Å². The van der Waals surface area contributed by atoms with E-state index in [0.29, 0.717) is 0 Å². The molecule has 0 amide bonds. The lowest BCUT2D eigenvalue weighted by Crippen LogP contribution is -2.46. The summed E-state index contributed by atoms with van der Waals surface area (Å²) in [6.07, 6.45) is 1.58. The highest BCUT2D eigenvalue weighted by atomic mass is 16.3. The summed E-state index contributed by atoms with van der Waals surface area (Å²) in [5.41, 5.74) is 2.59. The molecule has 0 aliphatic carbocycles. The zero-order chi connectivity index (χ0) is 12.8. The molecule has 3 nitrogen and oxygen atoms in total. The van der Waals surface area contributed by atoms with Crippen molar-refractivity contribution in [2.24, 2.45) is 0 Å². The molecule has 1 fully saturated rings. The van der Waals surface area contributed by atoms with E-state index in [4.69, 9.17) is 0 Å². The molecule has 2 N–H and O–H groups in total. The minimum Gasteiger partial charge on any atom is -0.391 e. The van der Waals surface area contributed by atoms with E-state index in [1.54, 1.807) is 0 Å². The van der Waals surface area contributed by atoms with Crippen molar-refractivity contribution >= 4 is 0 Å². The molecule has 0 aromatic heterocycles. The molecule has 18 heavy (non-hydrogen) atoms. The minimum atomic E-state index is -0.254. The van der Waals surface area contributed by atoms with Gasteiger partial charge in [0.25, 0.3) is 0 Å². The van der Waals surface area contributed by atoms with Gasteiger partial charge < -0.3 is 10.4 Å². The van der Waals surface area contributed by atoms with Crippen LogP contribution in [0, 0.1) is 0 Å². The first-order valence-corrected chi connectivity index (χ1v) is 6.97. The van der Waals surface area contributed by atoms with E-state index < -0.39 is 0 Å². The normalized spacial score (nSPS) is 18.8. The van der Waals surface area contributed by atoms with Gasteiger partial charge in [-0.05, 0) is 24.0 Å². The van der Waals surface area contributed by atoms with Gasteiger partial charge >= 0.3 is 0 Å². The number of hydrogen-bond donors (Lipinski definition) is 2. The molecule has 0 spiro atoms. The van der Waals surface area contributed by atoms with Crippen LogP contribution in [0.3, 0.4) is 0 Å². The maximum absolute atomic E-state index is 10.1. The van der Waals surface area contributed by atoms with E-state index in [-0.39, 0.29) is 6.10 Å². The summed E-state index contributed by atoms with van der Waals surface area (Å²) in [6, 6.07) is 8.60. The lowest BCUT2D eigenvalue weighted by atomic mass is 10.0. The molecule has 100 valence electrons. The van der Waals surface area contributed by atoms with Crippen LogP contribution in [-0.2, 0) is 12.8 Å². The van der Waals surface area contributed by atoms with Gasteiger partial charge in [0.15, 0.2) is 0 Å². The first kappa shape index (κ1) is 13.5. The van der Waals surface area contributed by atoms with Crippen LogP contribution in [0.5, 0.6) is 0 Å². The number of β-amino-alcohol motifs (C(OH)–C–C–N with tert-alkyl or cyclic N) is 1. The number of rotatable bonds is 5. The number of hydrogen-bond acceptors (Lipinski definition) is 3. The number of nitrogens with zero attached hydrogens (tertiary/aromatic N) is 1. The number of benzene rings is 1. The average Bonchev–Trinajstić information content (AvgIpc) is 2.40. The molecule has 1 aliphatic heterocycles. The molecular formula is C15H24N2O. The maximum Gasteiger partial charge on any atom is 0.0707 e. The Morgan fingerprint density at radius 3 is 2.39 bits per heavy atom. The van der Waals surface area contributed by atoms with E-state index in [9.17, 15) is 5.11 Å². The Labute approximate surface area is 110 Å². The summed E-state index contributed by atoms with van der Waals surface area (Å²) in [5.74, 6) is 0. The van der Waals surface area contributed by atoms with Crippen molar-refractivity contribution in [3.05, 3.63) is 35.4 Å². The van der Waals surface area contributed by atoms with Crippen LogP contribution in [-0.4, -0.2) is 48.8 Å². The summed E-state index contributed by atoms with van der Waals surface area (Å²) in [4.78, 5) is 2.33. The van der Waals surface area contributed by atoms with Crippen LogP contribution < -0.4 is 5.32 Å². The Kier molecular flexibility index (Phi) is 5.17. The smallest absolute Gasteiger partial charge is 0.0707 e. The predicted molar refractivity (Wildman–Crippen MR) is 74.8 cm³/mol.